The lowest BCUT2D eigenvalue weighted by Gasteiger charge is -2.41. The van der Waals surface area contributed by atoms with Gasteiger partial charge in [0.25, 0.3) is 0 Å². The van der Waals surface area contributed by atoms with Crippen molar-refractivity contribution in [2.45, 2.75) is 64.7 Å². The Morgan fingerprint density at radius 1 is 1.13 bits per heavy atom. The molecule has 3 saturated carbocycles. The molecule has 2 heteroatoms. The SMILES string of the molecule is CCCCC/C=C1\C[C@@H]2CC(COC)(COC)[C@H]3CCC[C@@H]1[C@@H]23. The van der Waals surface area contributed by atoms with Crippen LogP contribution in [-0.2, 0) is 9.47 Å². The van der Waals surface area contributed by atoms with E-state index in [0.29, 0.717) is 5.41 Å². The van der Waals surface area contributed by atoms with Gasteiger partial charge in [-0.1, -0.05) is 37.8 Å². The molecule has 0 aliphatic heterocycles. The van der Waals surface area contributed by atoms with Crippen molar-refractivity contribution in [3.63, 3.8) is 0 Å². The summed E-state index contributed by atoms with van der Waals surface area (Å²) in [7, 11) is 3.73. The second-order valence-corrected chi connectivity index (χ2v) is 8.39. The van der Waals surface area contributed by atoms with Crippen LogP contribution in [0.1, 0.15) is 64.7 Å². The average molecular weight is 321 g/mol. The van der Waals surface area contributed by atoms with E-state index in [2.05, 4.69) is 13.0 Å². The molecule has 0 heterocycles. The van der Waals surface area contributed by atoms with Gasteiger partial charge in [-0.25, -0.2) is 0 Å². The lowest BCUT2D eigenvalue weighted by molar-refractivity contribution is -0.0350. The fourth-order valence-electron chi connectivity index (χ4n) is 6.36. The van der Waals surface area contributed by atoms with E-state index in [4.69, 9.17) is 9.47 Å². The third-order valence-electron chi connectivity index (χ3n) is 7.01. The summed E-state index contributed by atoms with van der Waals surface area (Å²) in [6.07, 6.45) is 15.0. The first-order valence-corrected chi connectivity index (χ1v) is 9.92. The monoisotopic (exact) mass is 320 g/mol. The molecule has 0 aromatic carbocycles. The quantitative estimate of drug-likeness (QED) is 0.450. The van der Waals surface area contributed by atoms with Gasteiger partial charge in [-0.2, -0.15) is 0 Å². The Bertz CT molecular complexity index is 408. The predicted molar refractivity (Wildman–Crippen MR) is 95.5 cm³/mol. The smallest absolute Gasteiger partial charge is 0.0543 e. The predicted octanol–water partition coefficient (Wildman–Crippen LogP) is 5.23. The number of methoxy groups -OCH3 is 2. The maximum absolute atomic E-state index is 5.66. The van der Waals surface area contributed by atoms with Crippen LogP contribution in [0.4, 0.5) is 0 Å². The molecule has 0 aromatic heterocycles. The first-order valence-electron chi connectivity index (χ1n) is 9.92. The van der Waals surface area contributed by atoms with Gasteiger partial charge in [-0.3, -0.25) is 0 Å². The highest BCUT2D eigenvalue weighted by atomic mass is 16.5. The van der Waals surface area contributed by atoms with Crippen LogP contribution in [0, 0.1) is 29.1 Å². The van der Waals surface area contributed by atoms with Gasteiger partial charge in [0.05, 0.1) is 13.2 Å². The normalized spacial score (nSPS) is 36.6. The van der Waals surface area contributed by atoms with Crippen LogP contribution in [-0.4, -0.2) is 27.4 Å². The zero-order valence-corrected chi connectivity index (χ0v) is 15.5. The second kappa shape index (κ2) is 7.70. The van der Waals surface area contributed by atoms with Crippen molar-refractivity contribution < 1.29 is 9.47 Å². The number of rotatable bonds is 8. The summed E-state index contributed by atoms with van der Waals surface area (Å²) in [5.41, 5.74) is 2.12. The van der Waals surface area contributed by atoms with E-state index in [9.17, 15) is 0 Å². The van der Waals surface area contributed by atoms with Crippen LogP contribution >= 0.6 is 0 Å². The Balaban J connectivity index is 1.73. The van der Waals surface area contributed by atoms with E-state index >= 15 is 0 Å². The van der Waals surface area contributed by atoms with Crippen molar-refractivity contribution in [1.29, 1.82) is 0 Å². The van der Waals surface area contributed by atoms with Crippen LogP contribution in [0.5, 0.6) is 0 Å². The Morgan fingerprint density at radius 2 is 1.91 bits per heavy atom. The topological polar surface area (TPSA) is 18.5 Å². The van der Waals surface area contributed by atoms with Gasteiger partial charge in [-0.05, 0) is 62.2 Å². The molecule has 0 radical (unpaired) electrons. The molecular formula is C21H36O2. The van der Waals surface area contributed by atoms with Crippen molar-refractivity contribution >= 4 is 0 Å². The molecule has 0 bridgehead atoms. The molecule has 0 N–H and O–H groups in total. The maximum atomic E-state index is 5.66. The zero-order chi connectivity index (χ0) is 16.3. The number of hydrogen-bond acceptors (Lipinski definition) is 2. The largest absolute Gasteiger partial charge is 0.384 e. The molecule has 0 aromatic rings. The highest BCUT2D eigenvalue weighted by molar-refractivity contribution is 5.22. The maximum Gasteiger partial charge on any atom is 0.0543 e. The molecular weight excluding hydrogens is 284 g/mol. The van der Waals surface area contributed by atoms with Gasteiger partial charge in [0.2, 0.25) is 0 Å². The van der Waals surface area contributed by atoms with Crippen molar-refractivity contribution in [3.05, 3.63) is 11.6 Å². The summed E-state index contributed by atoms with van der Waals surface area (Å²) in [5, 5.41) is 0. The summed E-state index contributed by atoms with van der Waals surface area (Å²) in [6, 6.07) is 0. The van der Waals surface area contributed by atoms with Gasteiger partial charge < -0.3 is 9.47 Å². The van der Waals surface area contributed by atoms with Gasteiger partial charge >= 0.3 is 0 Å². The number of hydrogen-bond donors (Lipinski definition) is 0. The Morgan fingerprint density at radius 3 is 2.61 bits per heavy atom. The van der Waals surface area contributed by atoms with Gasteiger partial charge in [0, 0.05) is 19.6 Å². The van der Waals surface area contributed by atoms with Crippen molar-refractivity contribution in [3.8, 4) is 0 Å². The molecule has 4 atom stereocenters. The van der Waals surface area contributed by atoms with Crippen molar-refractivity contribution in [1.82, 2.24) is 0 Å². The molecule has 0 amide bonds. The first-order chi connectivity index (χ1) is 11.3. The van der Waals surface area contributed by atoms with Crippen molar-refractivity contribution in [2.24, 2.45) is 29.1 Å². The Labute approximate surface area is 143 Å². The highest BCUT2D eigenvalue weighted by Crippen LogP contribution is 2.64. The highest BCUT2D eigenvalue weighted by Gasteiger charge is 2.59. The number of ether oxygens (including phenoxy) is 2. The van der Waals surface area contributed by atoms with E-state index in [1.165, 1.54) is 57.8 Å². The Hall–Kier alpha value is -0.340. The fraction of sp³-hybridized carbons (Fsp3) is 0.905. The average Bonchev–Trinajstić information content (AvgIpc) is 3.04. The van der Waals surface area contributed by atoms with E-state index in [1.54, 1.807) is 0 Å². The van der Waals surface area contributed by atoms with Gasteiger partial charge in [-0.15, -0.1) is 0 Å². The molecule has 0 saturated heterocycles. The summed E-state index contributed by atoms with van der Waals surface area (Å²) < 4.78 is 11.3. The van der Waals surface area contributed by atoms with E-state index in [0.717, 1.165) is 36.9 Å². The molecule has 3 aliphatic rings. The van der Waals surface area contributed by atoms with E-state index < -0.39 is 0 Å². The summed E-state index contributed by atoms with van der Waals surface area (Å²) in [5.74, 6) is 3.53. The van der Waals surface area contributed by atoms with E-state index in [1.807, 2.05) is 19.8 Å². The van der Waals surface area contributed by atoms with Crippen LogP contribution in [0.25, 0.3) is 0 Å². The lowest BCUT2D eigenvalue weighted by atomic mass is 9.66. The molecule has 132 valence electrons. The fourth-order valence-corrected chi connectivity index (χ4v) is 6.36. The molecule has 3 fully saturated rings. The van der Waals surface area contributed by atoms with E-state index in [-0.39, 0.29) is 0 Å². The molecule has 0 spiro atoms. The molecule has 3 aliphatic carbocycles. The summed E-state index contributed by atoms with van der Waals surface area (Å²) >= 11 is 0. The van der Waals surface area contributed by atoms with Crippen LogP contribution in [0.15, 0.2) is 11.6 Å². The third-order valence-corrected chi connectivity index (χ3v) is 7.01. The summed E-state index contributed by atoms with van der Waals surface area (Å²) in [6.45, 7) is 4.07. The molecule has 2 nitrogen and oxygen atoms in total. The minimum absolute atomic E-state index is 0.297. The first kappa shape index (κ1) is 17.5. The second-order valence-electron chi connectivity index (χ2n) is 8.39. The number of allylic oxidation sites excluding steroid dienone is 2. The molecule has 0 unspecified atom stereocenters. The van der Waals surface area contributed by atoms with Crippen LogP contribution in [0.2, 0.25) is 0 Å². The van der Waals surface area contributed by atoms with Crippen molar-refractivity contribution in [2.75, 3.05) is 27.4 Å². The van der Waals surface area contributed by atoms with Crippen LogP contribution < -0.4 is 0 Å². The summed E-state index contributed by atoms with van der Waals surface area (Å²) in [4.78, 5) is 0. The van der Waals surface area contributed by atoms with Crippen LogP contribution in [0.3, 0.4) is 0 Å². The molecule has 3 rings (SSSR count). The zero-order valence-electron chi connectivity index (χ0n) is 15.5. The van der Waals surface area contributed by atoms with Gasteiger partial charge in [0.15, 0.2) is 0 Å². The van der Waals surface area contributed by atoms with Gasteiger partial charge in [0.1, 0.15) is 0 Å². The minimum Gasteiger partial charge on any atom is -0.384 e. The standard InChI is InChI=1S/C21H36O2/c1-4-5-6-7-9-16-12-17-13-21(14-22-2,15-23-3)19-11-8-10-18(16)20(17)19/h9,17-20H,4-8,10-15H2,1-3H3/b16-9+/t17-,18+,19+,20-/m1/s1. The minimum atomic E-state index is 0.297. The lowest BCUT2D eigenvalue weighted by Crippen LogP contribution is -2.40. The Kier molecular flexibility index (Phi) is 5.85. The number of unbranched alkanes of at least 4 members (excludes halogenated alkanes) is 3. The molecule has 23 heavy (non-hydrogen) atoms. The third kappa shape index (κ3) is 3.26.